The SMILES string of the molecule is NC(=O)c1nnc2ccc(Br)cn12. The Kier molecular flexibility index (Phi) is 1.77. The van der Waals surface area contributed by atoms with Crippen LogP contribution in [0.1, 0.15) is 10.6 Å². The van der Waals surface area contributed by atoms with E-state index in [1.165, 1.54) is 4.40 Å². The van der Waals surface area contributed by atoms with Gasteiger partial charge in [-0.1, -0.05) is 0 Å². The van der Waals surface area contributed by atoms with Crippen molar-refractivity contribution in [3.05, 3.63) is 28.6 Å². The molecule has 2 aromatic heterocycles. The summed E-state index contributed by atoms with van der Waals surface area (Å²) in [7, 11) is 0. The molecule has 0 bridgehead atoms. The first-order valence-electron chi connectivity index (χ1n) is 3.48. The number of nitrogens with two attached hydrogens (primary N) is 1. The Balaban J connectivity index is 2.79. The van der Waals surface area contributed by atoms with Crippen LogP contribution in [0.4, 0.5) is 0 Å². The second-order valence-corrected chi connectivity index (χ2v) is 3.38. The Morgan fingerprint density at radius 1 is 1.46 bits per heavy atom. The first-order valence-corrected chi connectivity index (χ1v) is 4.28. The van der Waals surface area contributed by atoms with Gasteiger partial charge in [0.25, 0.3) is 5.91 Å². The summed E-state index contributed by atoms with van der Waals surface area (Å²) in [5.41, 5.74) is 5.69. The lowest BCUT2D eigenvalue weighted by Crippen LogP contribution is -2.15. The number of fused-ring (bicyclic) bond motifs is 1. The molecule has 2 rings (SSSR count). The Bertz CT molecular complexity index is 478. The van der Waals surface area contributed by atoms with Gasteiger partial charge >= 0.3 is 0 Å². The normalized spacial score (nSPS) is 10.5. The van der Waals surface area contributed by atoms with Gasteiger partial charge in [-0.05, 0) is 28.1 Å². The van der Waals surface area contributed by atoms with Gasteiger partial charge in [0.05, 0.1) is 0 Å². The molecule has 0 saturated heterocycles. The molecule has 0 atom stereocenters. The van der Waals surface area contributed by atoms with Crippen LogP contribution in [0.5, 0.6) is 0 Å². The minimum atomic E-state index is -0.592. The number of nitrogens with zero attached hydrogens (tertiary/aromatic N) is 3. The quantitative estimate of drug-likeness (QED) is 0.793. The number of aromatic nitrogens is 3. The van der Waals surface area contributed by atoms with Crippen molar-refractivity contribution < 1.29 is 4.79 Å². The Labute approximate surface area is 81.7 Å². The molecule has 5 nitrogen and oxygen atoms in total. The first-order chi connectivity index (χ1) is 6.18. The predicted octanol–water partition coefficient (Wildman–Crippen LogP) is 0.591. The van der Waals surface area contributed by atoms with Crippen LogP contribution in [0.15, 0.2) is 22.8 Å². The Morgan fingerprint density at radius 2 is 2.23 bits per heavy atom. The molecule has 2 N–H and O–H groups in total. The predicted molar refractivity (Wildman–Crippen MR) is 49.2 cm³/mol. The van der Waals surface area contributed by atoms with Crippen LogP contribution in [-0.4, -0.2) is 20.5 Å². The number of primary amides is 1. The van der Waals surface area contributed by atoms with E-state index >= 15 is 0 Å². The molecule has 0 aromatic carbocycles. The molecular formula is C7H5BrN4O. The van der Waals surface area contributed by atoms with Gasteiger partial charge < -0.3 is 5.73 Å². The summed E-state index contributed by atoms with van der Waals surface area (Å²) < 4.78 is 2.37. The summed E-state index contributed by atoms with van der Waals surface area (Å²) in [6.45, 7) is 0. The Hall–Kier alpha value is -1.43. The van der Waals surface area contributed by atoms with Gasteiger partial charge in [0, 0.05) is 10.7 Å². The second kappa shape index (κ2) is 2.81. The molecule has 0 spiro atoms. The first kappa shape index (κ1) is 8.18. The van der Waals surface area contributed by atoms with Crippen molar-refractivity contribution in [3.8, 4) is 0 Å². The van der Waals surface area contributed by atoms with Crippen molar-refractivity contribution in [1.29, 1.82) is 0 Å². The highest BCUT2D eigenvalue weighted by atomic mass is 79.9. The van der Waals surface area contributed by atoms with Gasteiger partial charge in [-0.25, -0.2) is 0 Å². The van der Waals surface area contributed by atoms with Gasteiger partial charge in [-0.2, -0.15) is 0 Å². The van der Waals surface area contributed by atoms with E-state index < -0.39 is 5.91 Å². The van der Waals surface area contributed by atoms with Crippen LogP contribution in [0.2, 0.25) is 0 Å². The van der Waals surface area contributed by atoms with Crippen molar-refractivity contribution in [2.45, 2.75) is 0 Å². The molecule has 0 radical (unpaired) electrons. The molecule has 0 aliphatic carbocycles. The molecule has 6 heteroatoms. The molecule has 0 fully saturated rings. The van der Waals surface area contributed by atoms with E-state index in [4.69, 9.17) is 5.73 Å². The molecule has 1 amide bonds. The summed E-state index contributed by atoms with van der Waals surface area (Å²) >= 11 is 3.27. The molecule has 0 saturated carbocycles. The van der Waals surface area contributed by atoms with Crippen LogP contribution < -0.4 is 5.73 Å². The smallest absolute Gasteiger partial charge is 0.287 e. The van der Waals surface area contributed by atoms with Crippen molar-refractivity contribution in [2.24, 2.45) is 5.73 Å². The van der Waals surface area contributed by atoms with Crippen LogP contribution in [0, 0.1) is 0 Å². The average Bonchev–Trinajstić information content (AvgIpc) is 2.46. The lowest BCUT2D eigenvalue weighted by Gasteiger charge is -1.95. The second-order valence-electron chi connectivity index (χ2n) is 2.46. The summed E-state index contributed by atoms with van der Waals surface area (Å²) in [5, 5.41) is 7.43. The van der Waals surface area contributed by atoms with Gasteiger partial charge in [-0.15, -0.1) is 10.2 Å². The number of pyridine rings is 1. The fourth-order valence-corrected chi connectivity index (χ4v) is 1.37. The number of hydrogen-bond donors (Lipinski definition) is 1. The lowest BCUT2D eigenvalue weighted by atomic mass is 10.4. The molecule has 0 unspecified atom stereocenters. The number of rotatable bonds is 1. The van der Waals surface area contributed by atoms with Crippen molar-refractivity contribution in [3.63, 3.8) is 0 Å². The largest absolute Gasteiger partial charge is 0.363 e. The minimum Gasteiger partial charge on any atom is -0.363 e. The maximum absolute atomic E-state index is 10.9. The van der Waals surface area contributed by atoms with Crippen LogP contribution in [0.3, 0.4) is 0 Å². The fraction of sp³-hybridized carbons (Fsp3) is 0. The monoisotopic (exact) mass is 240 g/mol. The molecule has 66 valence electrons. The maximum atomic E-state index is 10.9. The zero-order valence-electron chi connectivity index (χ0n) is 6.44. The highest BCUT2D eigenvalue weighted by molar-refractivity contribution is 9.10. The topological polar surface area (TPSA) is 73.3 Å². The Morgan fingerprint density at radius 3 is 2.92 bits per heavy atom. The van der Waals surface area contributed by atoms with E-state index in [2.05, 4.69) is 26.1 Å². The van der Waals surface area contributed by atoms with E-state index in [-0.39, 0.29) is 5.82 Å². The number of carbonyl (C=O) groups is 1. The molecular weight excluding hydrogens is 236 g/mol. The number of hydrogen-bond acceptors (Lipinski definition) is 3. The summed E-state index contributed by atoms with van der Waals surface area (Å²) in [6.07, 6.45) is 1.69. The van der Waals surface area contributed by atoms with Crippen molar-refractivity contribution >= 4 is 27.5 Å². The third kappa shape index (κ3) is 1.29. The van der Waals surface area contributed by atoms with Crippen LogP contribution in [0.25, 0.3) is 5.65 Å². The highest BCUT2D eigenvalue weighted by Gasteiger charge is 2.09. The van der Waals surface area contributed by atoms with Gasteiger partial charge in [0.2, 0.25) is 5.82 Å². The standard InChI is InChI=1S/C7H5BrN4O/c8-4-1-2-5-10-11-7(6(9)13)12(5)3-4/h1-3H,(H2,9,13). The lowest BCUT2D eigenvalue weighted by molar-refractivity contribution is 0.0989. The van der Waals surface area contributed by atoms with Crippen LogP contribution in [-0.2, 0) is 0 Å². The molecule has 2 aromatic rings. The third-order valence-corrected chi connectivity index (χ3v) is 2.06. The minimum absolute atomic E-state index is 0.135. The zero-order valence-corrected chi connectivity index (χ0v) is 8.02. The zero-order chi connectivity index (χ0) is 9.42. The van der Waals surface area contributed by atoms with Crippen molar-refractivity contribution in [2.75, 3.05) is 0 Å². The van der Waals surface area contributed by atoms with Gasteiger partial charge in [-0.3, -0.25) is 9.20 Å². The number of halogens is 1. The molecule has 0 aliphatic rings. The summed E-state index contributed by atoms with van der Waals surface area (Å²) in [6, 6.07) is 3.55. The van der Waals surface area contributed by atoms with E-state index in [0.717, 1.165) is 4.47 Å². The highest BCUT2D eigenvalue weighted by Crippen LogP contribution is 2.11. The van der Waals surface area contributed by atoms with E-state index in [9.17, 15) is 4.79 Å². The molecule has 0 aliphatic heterocycles. The third-order valence-electron chi connectivity index (χ3n) is 1.59. The van der Waals surface area contributed by atoms with Gasteiger partial charge in [0.1, 0.15) is 0 Å². The van der Waals surface area contributed by atoms with E-state index in [0.29, 0.717) is 5.65 Å². The van der Waals surface area contributed by atoms with E-state index in [1.54, 1.807) is 12.3 Å². The molecule has 13 heavy (non-hydrogen) atoms. The van der Waals surface area contributed by atoms with Crippen LogP contribution >= 0.6 is 15.9 Å². The number of carbonyl (C=O) groups excluding carboxylic acids is 1. The summed E-state index contributed by atoms with van der Waals surface area (Å²) in [5.74, 6) is -0.457. The van der Waals surface area contributed by atoms with E-state index in [1.807, 2.05) is 6.07 Å². The maximum Gasteiger partial charge on any atom is 0.287 e. The average molecular weight is 241 g/mol. The van der Waals surface area contributed by atoms with Gasteiger partial charge in [0.15, 0.2) is 5.65 Å². The van der Waals surface area contributed by atoms with Crippen molar-refractivity contribution in [1.82, 2.24) is 14.6 Å². The summed E-state index contributed by atoms with van der Waals surface area (Å²) in [4.78, 5) is 10.9. The fourth-order valence-electron chi connectivity index (χ4n) is 1.03. The number of amides is 1. The molecule has 2 heterocycles.